The van der Waals surface area contributed by atoms with E-state index in [0.717, 1.165) is 5.69 Å². The summed E-state index contributed by atoms with van der Waals surface area (Å²) in [7, 11) is 0. The lowest BCUT2D eigenvalue weighted by Crippen LogP contribution is -2.14. The van der Waals surface area contributed by atoms with Gasteiger partial charge in [0.05, 0.1) is 11.4 Å². The molecule has 0 N–H and O–H groups in total. The van der Waals surface area contributed by atoms with Crippen LogP contribution in [0.3, 0.4) is 0 Å². The van der Waals surface area contributed by atoms with Gasteiger partial charge in [-0.2, -0.15) is 0 Å². The molecule has 59 heavy (non-hydrogen) atoms. The van der Waals surface area contributed by atoms with Gasteiger partial charge in [0.25, 0.3) is 0 Å². The first-order valence-electron chi connectivity index (χ1n) is 20.6. The highest BCUT2D eigenvalue weighted by Gasteiger charge is 2.25. The molecule has 10 aromatic rings. The second-order valence-electron chi connectivity index (χ2n) is 16.0. The zero-order valence-corrected chi connectivity index (χ0v) is 34.3. The van der Waals surface area contributed by atoms with E-state index in [9.17, 15) is 0 Å². The van der Waals surface area contributed by atoms with E-state index in [1.54, 1.807) is 0 Å². The predicted octanol–water partition coefficient (Wildman–Crippen LogP) is 16.4. The normalized spacial score (nSPS) is 11.5. The van der Waals surface area contributed by atoms with Crippen LogP contribution in [0.1, 0.15) is 27.8 Å². The van der Waals surface area contributed by atoms with Crippen molar-refractivity contribution >= 4 is 66.4 Å². The summed E-state index contributed by atoms with van der Waals surface area (Å²) >= 11 is 0. The first-order valence-corrected chi connectivity index (χ1v) is 20.6. The van der Waals surface area contributed by atoms with Crippen molar-refractivity contribution in [3.05, 3.63) is 216 Å². The Bertz CT molecular complexity index is 3160. The molecule has 284 valence electrons. The number of anilines is 6. The molecule has 0 aliphatic carbocycles. The van der Waals surface area contributed by atoms with E-state index in [4.69, 9.17) is 0 Å². The molecule has 0 aliphatic rings. The standard InChI is InChI=1S/C57H46N2/c1-37-26-27-39(3)55(36-37)59(52-25-15-22-47(41(52)5)43-19-10-7-11-20-43)54-35-31-45-28-32-48-53(34-30-44-29-33-49(54)57(45)56(44)48)58(50-23-13-12-16-38(50)2)51-24-14-21-46(40(51)4)42-17-8-6-9-18-42/h6-36H,1-5H3. The summed E-state index contributed by atoms with van der Waals surface area (Å²) < 4.78 is 0. The smallest absolute Gasteiger partial charge is 0.0540 e. The fourth-order valence-electron chi connectivity index (χ4n) is 9.31. The van der Waals surface area contributed by atoms with Crippen LogP contribution in [0.15, 0.2) is 188 Å². The molecule has 0 atom stereocenters. The highest BCUT2D eigenvalue weighted by molar-refractivity contribution is 6.28. The first kappa shape index (κ1) is 36.2. The molecule has 0 saturated carbocycles. The predicted molar refractivity (Wildman–Crippen MR) is 254 cm³/mol. The summed E-state index contributed by atoms with van der Waals surface area (Å²) in [4.78, 5) is 5.00. The molecule has 0 radical (unpaired) electrons. The van der Waals surface area contributed by atoms with Crippen molar-refractivity contribution in [2.24, 2.45) is 0 Å². The van der Waals surface area contributed by atoms with Gasteiger partial charge in [0, 0.05) is 33.5 Å². The number of hydrogen-bond donors (Lipinski definition) is 0. The maximum absolute atomic E-state index is 2.51. The van der Waals surface area contributed by atoms with Gasteiger partial charge in [-0.3, -0.25) is 0 Å². The molecule has 0 saturated heterocycles. The fourth-order valence-corrected chi connectivity index (χ4v) is 9.31. The minimum atomic E-state index is 1.16. The van der Waals surface area contributed by atoms with Crippen LogP contribution in [-0.2, 0) is 0 Å². The van der Waals surface area contributed by atoms with Crippen LogP contribution in [0.2, 0.25) is 0 Å². The monoisotopic (exact) mass is 758 g/mol. The number of nitrogens with zero attached hydrogens (tertiary/aromatic N) is 2. The Kier molecular flexibility index (Phi) is 8.99. The van der Waals surface area contributed by atoms with Gasteiger partial charge in [-0.25, -0.2) is 0 Å². The zero-order valence-electron chi connectivity index (χ0n) is 34.3. The second-order valence-corrected chi connectivity index (χ2v) is 16.0. The van der Waals surface area contributed by atoms with E-state index >= 15 is 0 Å². The minimum Gasteiger partial charge on any atom is -0.309 e. The van der Waals surface area contributed by atoms with E-state index in [2.05, 4.69) is 232 Å². The molecule has 0 unspecified atom stereocenters. The largest absolute Gasteiger partial charge is 0.309 e. The lowest BCUT2D eigenvalue weighted by Gasteiger charge is -2.32. The summed E-state index contributed by atoms with van der Waals surface area (Å²) in [5.74, 6) is 0. The van der Waals surface area contributed by atoms with Crippen LogP contribution in [0.4, 0.5) is 34.1 Å². The lowest BCUT2D eigenvalue weighted by molar-refractivity contribution is 1.22. The molecule has 2 nitrogen and oxygen atoms in total. The molecule has 0 spiro atoms. The van der Waals surface area contributed by atoms with Gasteiger partial charge in [-0.05, 0) is 143 Å². The number of aryl methyl sites for hydroxylation is 3. The topological polar surface area (TPSA) is 6.48 Å². The highest BCUT2D eigenvalue weighted by atomic mass is 15.2. The average molecular weight is 759 g/mol. The minimum absolute atomic E-state index is 1.16. The van der Waals surface area contributed by atoms with Crippen LogP contribution in [0.25, 0.3) is 54.6 Å². The number of hydrogen-bond acceptors (Lipinski definition) is 2. The third-order valence-electron chi connectivity index (χ3n) is 12.3. The van der Waals surface area contributed by atoms with E-state index in [1.807, 2.05) is 0 Å². The summed E-state index contributed by atoms with van der Waals surface area (Å²) in [6.07, 6.45) is 0. The maximum atomic E-state index is 2.51. The van der Waals surface area contributed by atoms with Crippen molar-refractivity contribution in [1.29, 1.82) is 0 Å². The molecule has 10 aromatic carbocycles. The Hall–Kier alpha value is -7.16. The van der Waals surface area contributed by atoms with E-state index in [-0.39, 0.29) is 0 Å². The zero-order chi connectivity index (χ0) is 40.2. The van der Waals surface area contributed by atoms with Crippen molar-refractivity contribution in [3.8, 4) is 22.3 Å². The summed E-state index contributed by atoms with van der Waals surface area (Å²) in [5.41, 5.74) is 18.1. The Morgan fingerprint density at radius 3 is 1.27 bits per heavy atom. The van der Waals surface area contributed by atoms with Gasteiger partial charge in [0.2, 0.25) is 0 Å². The van der Waals surface area contributed by atoms with Gasteiger partial charge in [0.15, 0.2) is 0 Å². The van der Waals surface area contributed by atoms with Gasteiger partial charge < -0.3 is 9.80 Å². The van der Waals surface area contributed by atoms with Crippen LogP contribution < -0.4 is 9.80 Å². The van der Waals surface area contributed by atoms with E-state index in [1.165, 1.54) is 111 Å². The third kappa shape index (κ3) is 6.11. The van der Waals surface area contributed by atoms with Gasteiger partial charge >= 0.3 is 0 Å². The number of rotatable bonds is 8. The van der Waals surface area contributed by atoms with Crippen molar-refractivity contribution in [3.63, 3.8) is 0 Å². The van der Waals surface area contributed by atoms with E-state index in [0.29, 0.717) is 0 Å². The molecule has 0 aliphatic heterocycles. The quantitative estimate of drug-likeness (QED) is 0.142. The molecule has 0 bridgehead atoms. The molecule has 0 heterocycles. The summed E-state index contributed by atoms with van der Waals surface area (Å²) in [5, 5.41) is 7.49. The Morgan fingerprint density at radius 2 is 0.746 bits per heavy atom. The van der Waals surface area contributed by atoms with Gasteiger partial charge in [-0.15, -0.1) is 0 Å². The SMILES string of the molecule is Cc1ccc(C)c(N(c2cccc(-c3ccccc3)c2C)c2ccc3ccc4c(N(c5ccccc5C)c5cccc(-c6ccccc6)c5C)ccc5ccc2c3c54)c1. The summed E-state index contributed by atoms with van der Waals surface area (Å²) in [6, 6.07) is 69.2. The Morgan fingerprint density at radius 1 is 0.305 bits per heavy atom. The Balaban J connectivity index is 1.24. The van der Waals surface area contributed by atoms with Crippen molar-refractivity contribution in [2.45, 2.75) is 34.6 Å². The van der Waals surface area contributed by atoms with E-state index < -0.39 is 0 Å². The third-order valence-corrected chi connectivity index (χ3v) is 12.3. The van der Waals surface area contributed by atoms with Crippen LogP contribution in [0.5, 0.6) is 0 Å². The van der Waals surface area contributed by atoms with Crippen LogP contribution in [0, 0.1) is 34.6 Å². The average Bonchev–Trinajstić information content (AvgIpc) is 3.27. The molecular weight excluding hydrogens is 713 g/mol. The number of benzene rings is 10. The molecule has 10 rings (SSSR count). The molecule has 0 aromatic heterocycles. The van der Waals surface area contributed by atoms with Crippen LogP contribution in [-0.4, -0.2) is 0 Å². The molecular formula is C57H46N2. The van der Waals surface area contributed by atoms with Crippen molar-refractivity contribution < 1.29 is 0 Å². The van der Waals surface area contributed by atoms with Crippen LogP contribution >= 0.6 is 0 Å². The first-order chi connectivity index (χ1) is 28.9. The molecule has 0 amide bonds. The van der Waals surface area contributed by atoms with Crippen molar-refractivity contribution in [1.82, 2.24) is 0 Å². The maximum Gasteiger partial charge on any atom is 0.0540 e. The fraction of sp³-hybridized carbons (Fsp3) is 0.0877. The number of para-hydroxylation sites is 1. The molecule has 2 heteroatoms. The molecule has 0 fully saturated rings. The highest BCUT2D eigenvalue weighted by Crippen LogP contribution is 2.50. The summed E-state index contributed by atoms with van der Waals surface area (Å²) in [6.45, 7) is 11.2. The van der Waals surface area contributed by atoms with Gasteiger partial charge in [0.1, 0.15) is 0 Å². The second kappa shape index (κ2) is 14.7. The van der Waals surface area contributed by atoms with Crippen molar-refractivity contribution in [2.75, 3.05) is 9.80 Å². The lowest BCUT2D eigenvalue weighted by atomic mass is 9.91. The van der Waals surface area contributed by atoms with Gasteiger partial charge in [-0.1, -0.05) is 152 Å². The Labute approximate surface area is 347 Å².